The summed E-state index contributed by atoms with van der Waals surface area (Å²) in [7, 11) is -1.96. The minimum atomic E-state index is -3.58. The molecule has 110 valence electrons. The smallest absolute Gasteiger partial charge is 0.245 e. The molecule has 1 aromatic heterocycles. The predicted molar refractivity (Wildman–Crippen MR) is 73.2 cm³/mol. The van der Waals surface area contributed by atoms with Gasteiger partial charge in [-0.1, -0.05) is 13.3 Å². The maximum absolute atomic E-state index is 11.9. The quantitative estimate of drug-likeness (QED) is 0.645. The van der Waals surface area contributed by atoms with Gasteiger partial charge in [-0.3, -0.25) is 4.68 Å². The number of nitrogens with two attached hydrogens (primary N) is 1. The molecule has 0 bridgehead atoms. The van der Waals surface area contributed by atoms with Crippen molar-refractivity contribution in [1.29, 1.82) is 0 Å². The second kappa shape index (κ2) is 7.46. The maximum Gasteiger partial charge on any atom is 0.245 e. The SMILES string of the molecule is CCCCOCCCNS(=O)(=O)c1cn(C)nc1N. The number of nitrogen functional groups attached to an aromatic ring is 1. The van der Waals surface area contributed by atoms with Crippen LogP contribution in [0.15, 0.2) is 11.1 Å². The Hall–Kier alpha value is -1.12. The average molecular weight is 290 g/mol. The van der Waals surface area contributed by atoms with E-state index in [1.54, 1.807) is 7.05 Å². The Balaban J connectivity index is 2.34. The second-order valence-corrected chi connectivity index (χ2v) is 6.00. The molecule has 0 spiro atoms. The zero-order valence-corrected chi connectivity index (χ0v) is 12.2. The van der Waals surface area contributed by atoms with Crippen molar-refractivity contribution in [2.45, 2.75) is 31.1 Å². The van der Waals surface area contributed by atoms with E-state index in [4.69, 9.17) is 10.5 Å². The number of rotatable bonds is 9. The van der Waals surface area contributed by atoms with Crippen LogP contribution in [0, 0.1) is 0 Å². The van der Waals surface area contributed by atoms with Crippen molar-refractivity contribution in [3.05, 3.63) is 6.20 Å². The van der Waals surface area contributed by atoms with Crippen molar-refractivity contribution in [3.63, 3.8) is 0 Å². The molecule has 0 amide bonds. The van der Waals surface area contributed by atoms with E-state index in [-0.39, 0.29) is 10.7 Å². The third-order valence-corrected chi connectivity index (χ3v) is 3.99. The highest BCUT2D eigenvalue weighted by molar-refractivity contribution is 7.89. The van der Waals surface area contributed by atoms with Gasteiger partial charge in [-0.05, 0) is 12.8 Å². The lowest BCUT2D eigenvalue weighted by atomic mass is 10.4. The summed E-state index contributed by atoms with van der Waals surface area (Å²) in [6, 6.07) is 0. The summed E-state index contributed by atoms with van der Waals surface area (Å²) >= 11 is 0. The first kappa shape index (κ1) is 15.9. The van der Waals surface area contributed by atoms with E-state index < -0.39 is 10.0 Å². The molecule has 0 aromatic carbocycles. The topological polar surface area (TPSA) is 99.2 Å². The van der Waals surface area contributed by atoms with Gasteiger partial charge in [0.15, 0.2) is 5.82 Å². The number of anilines is 1. The van der Waals surface area contributed by atoms with Crippen molar-refractivity contribution in [3.8, 4) is 0 Å². The van der Waals surface area contributed by atoms with Crippen LogP contribution in [-0.2, 0) is 21.8 Å². The van der Waals surface area contributed by atoms with Gasteiger partial charge < -0.3 is 10.5 Å². The average Bonchev–Trinajstić information content (AvgIpc) is 2.68. The number of nitrogens with one attached hydrogen (secondary N) is 1. The molecule has 7 nitrogen and oxygen atoms in total. The van der Waals surface area contributed by atoms with Gasteiger partial charge in [-0.25, -0.2) is 13.1 Å². The lowest BCUT2D eigenvalue weighted by Crippen LogP contribution is -2.26. The molecular formula is C11H22N4O3S. The second-order valence-electron chi connectivity index (χ2n) is 4.27. The zero-order valence-electron chi connectivity index (χ0n) is 11.4. The monoisotopic (exact) mass is 290 g/mol. The van der Waals surface area contributed by atoms with E-state index in [2.05, 4.69) is 16.7 Å². The van der Waals surface area contributed by atoms with Crippen LogP contribution in [0.25, 0.3) is 0 Å². The first-order valence-electron chi connectivity index (χ1n) is 6.34. The minimum Gasteiger partial charge on any atom is -0.381 e. The number of ether oxygens (including phenoxy) is 1. The molecule has 0 radical (unpaired) electrons. The summed E-state index contributed by atoms with van der Waals surface area (Å²) in [6.07, 6.45) is 4.13. The lowest BCUT2D eigenvalue weighted by molar-refractivity contribution is 0.130. The van der Waals surface area contributed by atoms with Crippen LogP contribution in [0.3, 0.4) is 0 Å². The normalized spacial score (nSPS) is 11.9. The van der Waals surface area contributed by atoms with Crippen molar-refractivity contribution < 1.29 is 13.2 Å². The Kier molecular flexibility index (Phi) is 6.26. The van der Waals surface area contributed by atoms with Gasteiger partial charge in [-0.15, -0.1) is 0 Å². The van der Waals surface area contributed by atoms with Crippen LogP contribution in [0.4, 0.5) is 5.82 Å². The van der Waals surface area contributed by atoms with Crippen LogP contribution in [0.5, 0.6) is 0 Å². The summed E-state index contributed by atoms with van der Waals surface area (Å²) < 4.78 is 33.0. The highest BCUT2D eigenvalue weighted by Gasteiger charge is 2.19. The molecule has 3 N–H and O–H groups in total. The van der Waals surface area contributed by atoms with E-state index in [0.717, 1.165) is 19.4 Å². The molecule has 0 fully saturated rings. The Labute approximate surface area is 114 Å². The molecule has 0 atom stereocenters. The molecule has 0 aliphatic rings. The molecule has 0 saturated carbocycles. The Bertz CT molecular complexity index is 484. The van der Waals surface area contributed by atoms with Gasteiger partial charge in [0, 0.05) is 33.0 Å². The fourth-order valence-corrected chi connectivity index (χ4v) is 2.67. The maximum atomic E-state index is 11.9. The van der Waals surface area contributed by atoms with Crippen molar-refractivity contribution >= 4 is 15.8 Å². The van der Waals surface area contributed by atoms with Crippen molar-refractivity contribution in [2.24, 2.45) is 7.05 Å². The first-order chi connectivity index (χ1) is 8.97. The molecule has 1 heterocycles. The summed E-state index contributed by atoms with van der Waals surface area (Å²) in [5.41, 5.74) is 5.54. The molecule has 0 aliphatic heterocycles. The summed E-state index contributed by atoms with van der Waals surface area (Å²) in [6.45, 7) is 3.68. The fourth-order valence-electron chi connectivity index (χ4n) is 1.50. The third-order valence-electron chi connectivity index (χ3n) is 2.51. The number of hydrogen-bond donors (Lipinski definition) is 2. The van der Waals surface area contributed by atoms with E-state index in [9.17, 15) is 8.42 Å². The van der Waals surface area contributed by atoms with Gasteiger partial charge in [0.25, 0.3) is 0 Å². The van der Waals surface area contributed by atoms with Crippen molar-refractivity contribution in [1.82, 2.24) is 14.5 Å². The molecule has 1 aromatic rings. The first-order valence-corrected chi connectivity index (χ1v) is 7.82. The largest absolute Gasteiger partial charge is 0.381 e. The number of sulfonamides is 1. The van der Waals surface area contributed by atoms with E-state index in [1.165, 1.54) is 10.9 Å². The minimum absolute atomic E-state index is 0.00851. The van der Waals surface area contributed by atoms with Gasteiger partial charge in [0.2, 0.25) is 10.0 Å². The van der Waals surface area contributed by atoms with Crippen LogP contribution < -0.4 is 10.5 Å². The van der Waals surface area contributed by atoms with Gasteiger partial charge in [-0.2, -0.15) is 5.10 Å². The van der Waals surface area contributed by atoms with Crippen molar-refractivity contribution in [2.75, 3.05) is 25.5 Å². The number of aromatic nitrogens is 2. The number of unbranched alkanes of at least 4 members (excludes halogenated alkanes) is 1. The highest BCUT2D eigenvalue weighted by Crippen LogP contribution is 2.14. The zero-order chi connectivity index (χ0) is 14.3. The van der Waals surface area contributed by atoms with E-state index in [0.29, 0.717) is 19.6 Å². The van der Waals surface area contributed by atoms with Crippen LogP contribution in [0.2, 0.25) is 0 Å². The van der Waals surface area contributed by atoms with E-state index in [1.807, 2.05) is 0 Å². The number of hydrogen-bond acceptors (Lipinski definition) is 5. The lowest BCUT2D eigenvalue weighted by Gasteiger charge is -2.06. The fraction of sp³-hybridized carbons (Fsp3) is 0.727. The summed E-state index contributed by atoms with van der Waals surface area (Å²) in [4.78, 5) is 0.0156. The molecule has 0 aliphatic carbocycles. The summed E-state index contributed by atoms with van der Waals surface area (Å²) in [5, 5.41) is 3.81. The molecule has 0 unspecified atom stereocenters. The summed E-state index contributed by atoms with van der Waals surface area (Å²) in [5.74, 6) is 0.00851. The van der Waals surface area contributed by atoms with Gasteiger partial charge >= 0.3 is 0 Å². The Morgan fingerprint density at radius 1 is 1.42 bits per heavy atom. The number of nitrogens with zero attached hydrogens (tertiary/aromatic N) is 2. The molecule has 1 rings (SSSR count). The van der Waals surface area contributed by atoms with Gasteiger partial charge in [0.05, 0.1) is 0 Å². The molecular weight excluding hydrogens is 268 g/mol. The standard InChI is InChI=1S/C11H22N4O3S/c1-3-4-7-18-8-5-6-13-19(16,17)10-9-15(2)14-11(10)12/h9,13H,3-8H2,1-2H3,(H2,12,14). The molecule has 19 heavy (non-hydrogen) atoms. The predicted octanol–water partition coefficient (Wildman–Crippen LogP) is 0.487. The van der Waals surface area contributed by atoms with Crippen LogP contribution in [0.1, 0.15) is 26.2 Å². The van der Waals surface area contributed by atoms with Crippen LogP contribution >= 0.6 is 0 Å². The third kappa shape index (κ3) is 5.17. The molecule has 8 heteroatoms. The Morgan fingerprint density at radius 2 is 2.11 bits per heavy atom. The van der Waals surface area contributed by atoms with Crippen LogP contribution in [-0.4, -0.2) is 38.0 Å². The molecule has 0 saturated heterocycles. The number of aryl methyl sites for hydroxylation is 1. The van der Waals surface area contributed by atoms with E-state index >= 15 is 0 Å². The highest BCUT2D eigenvalue weighted by atomic mass is 32.2. The van der Waals surface area contributed by atoms with Gasteiger partial charge in [0.1, 0.15) is 4.90 Å². The Morgan fingerprint density at radius 3 is 2.68 bits per heavy atom.